The molecule has 1 unspecified atom stereocenters. The average Bonchev–Trinajstić information content (AvgIpc) is 2.90. The molecule has 0 radical (unpaired) electrons. The van der Waals surface area contributed by atoms with Crippen molar-refractivity contribution in [3.05, 3.63) is 60.2 Å². The van der Waals surface area contributed by atoms with Gasteiger partial charge in [-0.15, -0.1) is 0 Å². The molecule has 21 heavy (non-hydrogen) atoms. The van der Waals surface area contributed by atoms with Gasteiger partial charge in [0.2, 0.25) is 0 Å². The summed E-state index contributed by atoms with van der Waals surface area (Å²) in [6.45, 7) is 3.01. The van der Waals surface area contributed by atoms with Crippen LogP contribution < -0.4 is 11.3 Å². The molecule has 0 spiro atoms. The zero-order chi connectivity index (χ0) is 14.7. The van der Waals surface area contributed by atoms with Gasteiger partial charge in [-0.1, -0.05) is 18.2 Å². The van der Waals surface area contributed by atoms with Crippen molar-refractivity contribution in [1.82, 2.24) is 20.0 Å². The van der Waals surface area contributed by atoms with Crippen molar-refractivity contribution in [3.63, 3.8) is 0 Å². The molecule has 0 saturated carbocycles. The standard InChI is InChI=1S/C16H19N5/c1-2-21-15-9-4-3-8-13(15)19-16(21)11-14(20-17)12-7-5-6-10-18-12/h3-10,14,20H,2,11,17H2,1H3. The molecule has 3 aromatic rings. The predicted molar refractivity (Wildman–Crippen MR) is 83.4 cm³/mol. The van der Waals surface area contributed by atoms with E-state index in [9.17, 15) is 0 Å². The van der Waals surface area contributed by atoms with Crippen molar-refractivity contribution in [3.8, 4) is 0 Å². The Morgan fingerprint density at radius 3 is 2.71 bits per heavy atom. The number of pyridine rings is 1. The molecule has 2 heterocycles. The fraction of sp³-hybridized carbons (Fsp3) is 0.250. The van der Waals surface area contributed by atoms with Gasteiger partial charge in [-0.3, -0.25) is 16.3 Å². The van der Waals surface area contributed by atoms with Crippen molar-refractivity contribution < 1.29 is 0 Å². The summed E-state index contributed by atoms with van der Waals surface area (Å²) in [5.74, 6) is 6.73. The minimum Gasteiger partial charge on any atom is -0.328 e. The number of rotatable bonds is 5. The van der Waals surface area contributed by atoms with Crippen LogP contribution in [0, 0.1) is 0 Å². The summed E-state index contributed by atoms with van der Waals surface area (Å²) < 4.78 is 2.22. The molecule has 1 atom stereocenters. The topological polar surface area (TPSA) is 68.8 Å². The van der Waals surface area contributed by atoms with Crippen LogP contribution in [0.3, 0.4) is 0 Å². The fourth-order valence-electron chi connectivity index (χ4n) is 2.65. The quantitative estimate of drug-likeness (QED) is 0.555. The third-order valence-corrected chi connectivity index (χ3v) is 3.68. The molecule has 0 aliphatic heterocycles. The molecule has 5 nitrogen and oxygen atoms in total. The molecule has 1 aromatic carbocycles. The first-order chi connectivity index (χ1) is 10.3. The largest absolute Gasteiger partial charge is 0.328 e. The van der Waals surface area contributed by atoms with Gasteiger partial charge in [-0.2, -0.15) is 0 Å². The molecular formula is C16H19N5. The molecule has 5 heteroatoms. The van der Waals surface area contributed by atoms with Crippen molar-refractivity contribution in [2.45, 2.75) is 25.9 Å². The zero-order valence-corrected chi connectivity index (χ0v) is 12.0. The maximum absolute atomic E-state index is 5.71. The van der Waals surface area contributed by atoms with E-state index < -0.39 is 0 Å². The highest BCUT2D eigenvalue weighted by molar-refractivity contribution is 5.75. The summed E-state index contributed by atoms with van der Waals surface area (Å²) in [5, 5.41) is 0. The van der Waals surface area contributed by atoms with E-state index >= 15 is 0 Å². The third kappa shape index (κ3) is 2.66. The number of fused-ring (bicyclic) bond motifs is 1. The van der Waals surface area contributed by atoms with Gasteiger partial charge in [0, 0.05) is 19.2 Å². The highest BCUT2D eigenvalue weighted by atomic mass is 15.2. The van der Waals surface area contributed by atoms with E-state index in [0.29, 0.717) is 6.42 Å². The monoisotopic (exact) mass is 281 g/mol. The molecule has 0 aliphatic carbocycles. The van der Waals surface area contributed by atoms with Crippen LogP contribution in [0.2, 0.25) is 0 Å². The summed E-state index contributed by atoms with van der Waals surface area (Å²) >= 11 is 0. The molecule has 0 saturated heterocycles. The van der Waals surface area contributed by atoms with Crippen LogP contribution in [-0.2, 0) is 13.0 Å². The number of imidazole rings is 1. The van der Waals surface area contributed by atoms with Crippen molar-refractivity contribution in [2.75, 3.05) is 0 Å². The summed E-state index contributed by atoms with van der Waals surface area (Å²) in [6, 6.07) is 14.0. The number of nitrogens with one attached hydrogen (secondary N) is 1. The molecule has 108 valence electrons. The van der Waals surface area contributed by atoms with Crippen molar-refractivity contribution in [2.24, 2.45) is 5.84 Å². The van der Waals surface area contributed by atoms with E-state index in [1.54, 1.807) is 6.20 Å². The highest BCUT2D eigenvalue weighted by Gasteiger charge is 2.16. The Morgan fingerprint density at radius 1 is 1.19 bits per heavy atom. The summed E-state index contributed by atoms with van der Waals surface area (Å²) in [7, 11) is 0. The second kappa shape index (κ2) is 6.03. The number of hydrazine groups is 1. The second-order valence-electron chi connectivity index (χ2n) is 4.94. The number of aryl methyl sites for hydroxylation is 1. The number of hydrogen-bond donors (Lipinski definition) is 2. The Balaban J connectivity index is 1.97. The van der Waals surface area contributed by atoms with Gasteiger partial charge in [-0.25, -0.2) is 4.98 Å². The smallest absolute Gasteiger partial charge is 0.111 e. The van der Waals surface area contributed by atoms with Gasteiger partial charge in [0.1, 0.15) is 5.82 Å². The van der Waals surface area contributed by atoms with Crippen LogP contribution in [-0.4, -0.2) is 14.5 Å². The first-order valence-electron chi connectivity index (χ1n) is 7.14. The summed E-state index contributed by atoms with van der Waals surface area (Å²) in [6.07, 6.45) is 2.48. The average molecular weight is 281 g/mol. The third-order valence-electron chi connectivity index (χ3n) is 3.68. The molecule has 0 fully saturated rings. The lowest BCUT2D eigenvalue weighted by atomic mass is 10.1. The maximum atomic E-state index is 5.71. The summed E-state index contributed by atoms with van der Waals surface area (Å²) in [4.78, 5) is 9.11. The molecule has 2 aromatic heterocycles. The normalized spacial score (nSPS) is 12.7. The Labute approximate surface area is 123 Å². The first-order valence-corrected chi connectivity index (χ1v) is 7.14. The first kappa shape index (κ1) is 13.7. The van der Waals surface area contributed by atoms with E-state index in [0.717, 1.165) is 29.1 Å². The predicted octanol–water partition coefficient (Wildman–Crippen LogP) is 2.20. The van der Waals surface area contributed by atoms with Gasteiger partial charge >= 0.3 is 0 Å². The van der Waals surface area contributed by atoms with E-state index in [-0.39, 0.29) is 6.04 Å². The van der Waals surface area contributed by atoms with Crippen LogP contribution in [0.25, 0.3) is 11.0 Å². The van der Waals surface area contributed by atoms with E-state index in [2.05, 4.69) is 28.0 Å². The lowest BCUT2D eigenvalue weighted by Gasteiger charge is -2.15. The van der Waals surface area contributed by atoms with Gasteiger partial charge in [-0.05, 0) is 31.2 Å². The fourth-order valence-corrected chi connectivity index (χ4v) is 2.65. The molecule has 3 N–H and O–H groups in total. The number of para-hydroxylation sites is 2. The Morgan fingerprint density at radius 2 is 2.00 bits per heavy atom. The highest BCUT2D eigenvalue weighted by Crippen LogP contribution is 2.20. The van der Waals surface area contributed by atoms with Crippen LogP contribution in [0.1, 0.15) is 24.5 Å². The summed E-state index contributed by atoms with van der Waals surface area (Å²) in [5.41, 5.74) is 5.95. The number of nitrogens with two attached hydrogens (primary N) is 1. The number of hydrogen-bond acceptors (Lipinski definition) is 4. The van der Waals surface area contributed by atoms with Crippen LogP contribution in [0.5, 0.6) is 0 Å². The molecule has 3 rings (SSSR count). The van der Waals surface area contributed by atoms with Gasteiger partial charge in [0.05, 0.1) is 22.8 Å². The van der Waals surface area contributed by atoms with Gasteiger partial charge in [0.15, 0.2) is 0 Å². The number of benzene rings is 1. The minimum absolute atomic E-state index is 0.0479. The second-order valence-corrected chi connectivity index (χ2v) is 4.94. The van der Waals surface area contributed by atoms with Crippen LogP contribution >= 0.6 is 0 Å². The van der Waals surface area contributed by atoms with Gasteiger partial charge < -0.3 is 4.57 Å². The SMILES string of the molecule is CCn1c(CC(NN)c2ccccn2)nc2ccccc21. The molecule has 0 bridgehead atoms. The van der Waals surface area contributed by atoms with Crippen molar-refractivity contribution in [1.29, 1.82) is 0 Å². The zero-order valence-electron chi connectivity index (χ0n) is 12.0. The molecule has 0 aliphatic rings. The molecular weight excluding hydrogens is 262 g/mol. The Kier molecular flexibility index (Phi) is 3.94. The van der Waals surface area contributed by atoms with Gasteiger partial charge in [0.25, 0.3) is 0 Å². The lowest BCUT2D eigenvalue weighted by Crippen LogP contribution is -2.31. The molecule has 0 amide bonds. The number of nitrogens with zero attached hydrogens (tertiary/aromatic N) is 3. The van der Waals surface area contributed by atoms with E-state index in [1.807, 2.05) is 36.4 Å². The Bertz CT molecular complexity index is 720. The van der Waals surface area contributed by atoms with E-state index in [4.69, 9.17) is 10.8 Å². The van der Waals surface area contributed by atoms with Crippen LogP contribution in [0.4, 0.5) is 0 Å². The van der Waals surface area contributed by atoms with Crippen molar-refractivity contribution >= 4 is 11.0 Å². The maximum Gasteiger partial charge on any atom is 0.111 e. The van der Waals surface area contributed by atoms with Crippen LogP contribution in [0.15, 0.2) is 48.7 Å². The Hall–Kier alpha value is -2.24. The van der Waals surface area contributed by atoms with E-state index in [1.165, 1.54) is 0 Å². The number of aromatic nitrogens is 3. The minimum atomic E-state index is -0.0479. The lowest BCUT2D eigenvalue weighted by molar-refractivity contribution is 0.514.